The van der Waals surface area contributed by atoms with E-state index in [0.29, 0.717) is 31.7 Å². The van der Waals surface area contributed by atoms with Crippen LogP contribution in [-0.4, -0.2) is 57.1 Å². The summed E-state index contributed by atoms with van der Waals surface area (Å²) in [4.78, 5) is 14.5. The number of carbonyl (C=O) groups is 1. The third kappa shape index (κ3) is 5.83. The molecule has 0 aromatic heterocycles. The maximum Gasteiger partial charge on any atom is 0.236 e. The van der Waals surface area contributed by atoms with Crippen LogP contribution in [0.15, 0.2) is 48.5 Å². The van der Waals surface area contributed by atoms with E-state index in [9.17, 15) is 17.6 Å². The summed E-state index contributed by atoms with van der Waals surface area (Å²) in [5.74, 6) is -1.53. The summed E-state index contributed by atoms with van der Waals surface area (Å²) >= 11 is 0. The predicted molar refractivity (Wildman–Crippen MR) is 121 cm³/mol. The second kappa shape index (κ2) is 9.36. The van der Waals surface area contributed by atoms with Crippen LogP contribution < -0.4 is 10.2 Å². The normalized spacial score (nSPS) is 15.7. The molecule has 31 heavy (non-hydrogen) atoms. The summed E-state index contributed by atoms with van der Waals surface area (Å²) in [6, 6.07) is 14.5. The van der Waals surface area contributed by atoms with Crippen molar-refractivity contribution < 1.29 is 17.6 Å². The largest absolute Gasteiger partial charge is 0.369 e. The zero-order valence-corrected chi connectivity index (χ0v) is 19.1. The number of hydrogen-bond donors (Lipinski definition) is 1. The summed E-state index contributed by atoms with van der Waals surface area (Å²) < 4.78 is 40.9. The minimum absolute atomic E-state index is 0.142. The second-order valence-corrected chi connectivity index (χ2v) is 10.6. The summed E-state index contributed by atoms with van der Waals surface area (Å²) in [6.45, 7) is 7.61. The van der Waals surface area contributed by atoms with Gasteiger partial charge in [-0.1, -0.05) is 44.2 Å². The number of amides is 1. The molecular formula is C23H30FN3O3S. The summed E-state index contributed by atoms with van der Waals surface area (Å²) in [5.41, 5.74) is 2.04. The molecule has 0 radical (unpaired) electrons. The first-order chi connectivity index (χ1) is 14.6. The molecule has 0 unspecified atom stereocenters. The predicted octanol–water partition coefficient (Wildman–Crippen LogP) is 2.68. The number of hydrogen-bond acceptors (Lipinski definition) is 4. The number of aryl methyl sites for hydroxylation is 1. The van der Waals surface area contributed by atoms with Crippen molar-refractivity contribution in [2.75, 3.05) is 43.4 Å². The fraction of sp³-hybridized carbons (Fsp3) is 0.435. The van der Waals surface area contributed by atoms with E-state index >= 15 is 0 Å². The summed E-state index contributed by atoms with van der Waals surface area (Å²) in [7, 11) is -3.72. The topological polar surface area (TPSA) is 69.7 Å². The van der Waals surface area contributed by atoms with Gasteiger partial charge in [-0.3, -0.25) is 4.79 Å². The van der Waals surface area contributed by atoms with Gasteiger partial charge in [0.25, 0.3) is 0 Å². The van der Waals surface area contributed by atoms with E-state index in [1.54, 1.807) is 18.2 Å². The second-order valence-electron chi connectivity index (χ2n) is 8.62. The lowest BCUT2D eigenvalue weighted by Gasteiger charge is -2.35. The van der Waals surface area contributed by atoms with E-state index < -0.39 is 27.1 Å². The zero-order chi connectivity index (χ0) is 22.6. The van der Waals surface area contributed by atoms with Gasteiger partial charge in [0.2, 0.25) is 15.9 Å². The van der Waals surface area contributed by atoms with Crippen LogP contribution in [0.25, 0.3) is 0 Å². The molecule has 8 heteroatoms. The number of benzene rings is 2. The highest BCUT2D eigenvalue weighted by Crippen LogP contribution is 2.25. The van der Waals surface area contributed by atoms with E-state index in [-0.39, 0.29) is 12.4 Å². The van der Waals surface area contributed by atoms with E-state index in [1.165, 1.54) is 10.4 Å². The highest BCUT2D eigenvalue weighted by molar-refractivity contribution is 7.89. The van der Waals surface area contributed by atoms with Crippen molar-refractivity contribution in [1.82, 2.24) is 9.62 Å². The van der Waals surface area contributed by atoms with Gasteiger partial charge in [0.1, 0.15) is 11.6 Å². The number of anilines is 1. The Morgan fingerprint density at radius 3 is 2.39 bits per heavy atom. The maximum absolute atomic E-state index is 14.1. The van der Waals surface area contributed by atoms with Crippen LogP contribution >= 0.6 is 0 Å². The molecule has 0 saturated carbocycles. The first kappa shape index (κ1) is 23.2. The fourth-order valence-electron chi connectivity index (χ4n) is 3.78. The molecule has 1 N–H and O–H groups in total. The third-order valence-corrected chi connectivity index (χ3v) is 7.42. The number of carbonyl (C=O) groups excluding carboxylic acids is 1. The van der Waals surface area contributed by atoms with Crippen molar-refractivity contribution in [2.45, 2.75) is 26.2 Å². The van der Waals surface area contributed by atoms with Gasteiger partial charge < -0.3 is 10.2 Å². The van der Waals surface area contributed by atoms with Gasteiger partial charge in [0.05, 0.1) is 0 Å². The average Bonchev–Trinajstić information content (AvgIpc) is 2.72. The standard InChI is InChI=1S/C23H30FN3O3S/c1-18-7-6-8-19(15-18)26-11-13-27(14-12-26)31(29,30)16-22(28)25-17-23(2,3)20-9-4-5-10-21(20)24/h4-10,15H,11-14,16-17H2,1-3H3,(H,25,28). The summed E-state index contributed by atoms with van der Waals surface area (Å²) in [5, 5.41) is 2.66. The molecule has 1 saturated heterocycles. The number of nitrogens with zero attached hydrogens (tertiary/aromatic N) is 2. The number of sulfonamides is 1. The van der Waals surface area contributed by atoms with Gasteiger partial charge in [-0.15, -0.1) is 0 Å². The Morgan fingerprint density at radius 1 is 1.06 bits per heavy atom. The van der Waals surface area contributed by atoms with Crippen LogP contribution in [-0.2, 0) is 20.2 Å². The lowest BCUT2D eigenvalue weighted by atomic mass is 9.84. The van der Waals surface area contributed by atoms with Crippen LogP contribution in [0.4, 0.5) is 10.1 Å². The first-order valence-electron chi connectivity index (χ1n) is 10.4. The maximum atomic E-state index is 14.1. The lowest BCUT2D eigenvalue weighted by molar-refractivity contribution is -0.118. The van der Waals surface area contributed by atoms with Crippen LogP contribution in [0.1, 0.15) is 25.0 Å². The molecular weight excluding hydrogens is 417 g/mol. The molecule has 1 amide bonds. The number of rotatable bonds is 7. The van der Waals surface area contributed by atoms with Gasteiger partial charge in [-0.2, -0.15) is 4.31 Å². The Bertz CT molecular complexity index is 1030. The fourth-order valence-corrected chi connectivity index (χ4v) is 5.12. The van der Waals surface area contributed by atoms with Crippen molar-refractivity contribution in [3.05, 3.63) is 65.5 Å². The first-order valence-corrected chi connectivity index (χ1v) is 12.0. The molecule has 1 aliphatic rings. The van der Waals surface area contributed by atoms with Crippen molar-refractivity contribution in [2.24, 2.45) is 0 Å². The van der Waals surface area contributed by atoms with Gasteiger partial charge in [-0.05, 0) is 36.2 Å². The molecule has 1 heterocycles. The number of halogens is 1. The van der Waals surface area contributed by atoms with E-state index in [2.05, 4.69) is 16.3 Å². The van der Waals surface area contributed by atoms with Crippen molar-refractivity contribution in [3.63, 3.8) is 0 Å². The summed E-state index contributed by atoms with van der Waals surface area (Å²) in [6.07, 6.45) is 0. The average molecular weight is 448 g/mol. The Labute approximate surface area is 184 Å². The minimum atomic E-state index is -3.72. The van der Waals surface area contributed by atoms with Gasteiger partial charge in [0, 0.05) is 43.8 Å². The van der Waals surface area contributed by atoms with E-state index in [4.69, 9.17) is 0 Å². The number of piperazine rings is 1. The molecule has 2 aromatic carbocycles. The Hall–Kier alpha value is -2.45. The Balaban J connectivity index is 1.53. The van der Waals surface area contributed by atoms with Crippen LogP contribution in [0.5, 0.6) is 0 Å². The SMILES string of the molecule is Cc1cccc(N2CCN(S(=O)(=O)CC(=O)NCC(C)(C)c3ccccc3F)CC2)c1. The molecule has 0 atom stereocenters. The minimum Gasteiger partial charge on any atom is -0.369 e. The van der Waals surface area contributed by atoms with Crippen LogP contribution in [0.2, 0.25) is 0 Å². The van der Waals surface area contributed by atoms with Crippen molar-refractivity contribution in [3.8, 4) is 0 Å². The van der Waals surface area contributed by atoms with Crippen LogP contribution in [0.3, 0.4) is 0 Å². The highest BCUT2D eigenvalue weighted by Gasteiger charge is 2.30. The Morgan fingerprint density at radius 2 is 1.74 bits per heavy atom. The van der Waals surface area contributed by atoms with Crippen molar-refractivity contribution in [1.29, 1.82) is 0 Å². The molecule has 0 aliphatic carbocycles. The monoisotopic (exact) mass is 447 g/mol. The highest BCUT2D eigenvalue weighted by atomic mass is 32.2. The quantitative estimate of drug-likeness (QED) is 0.709. The smallest absolute Gasteiger partial charge is 0.236 e. The molecule has 1 fully saturated rings. The lowest BCUT2D eigenvalue weighted by Crippen LogP contribution is -2.51. The van der Waals surface area contributed by atoms with E-state index in [1.807, 2.05) is 39.0 Å². The third-order valence-electron chi connectivity index (χ3n) is 5.64. The molecule has 6 nitrogen and oxygen atoms in total. The van der Waals surface area contributed by atoms with Gasteiger partial charge in [0.15, 0.2) is 0 Å². The van der Waals surface area contributed by atoms with Crippen LogP contribution in [0, 0.1) is 12.7 Å². The molecule has 168 valence electrons. The molecule has 0 bridgehead atoms. The molecule has 3 rings (SSSR count). The van der Waals surface area contributed by atoms with E-state index in [0.717, 1.165) is 11.3 Å². The molecule has 2 aromatic rings. The van der Waals surface area contributed by atoms with Gasteiger partial charge in [-0.25, -0.2) is 12.8 Å². The van der Waals surface area contributed by atoms with Gasteiger partial charge >= 0.3 is 0 Å². The van der Waals surface area contributed by atoms with Crippen molar-refractivity contribution >= 4 is 21.6 Å². The Kier molecular flexibility index (Phi) is 7.01. The number of nitrogens with one attached hydrogen (secondary N) is 1. The molecule has 1 aliphatic heterocycles. The molecule has 0 spiro atoms. The zero-order valence-electron chi connectivity index (χ0n) is 18.3.